The van der Waals surface area contributed by atoms with Crippen molar-refractivity contribution in [1.82, 2.24) is 0 Å². The zero-order valence-electron chi connectivity index (χ0n) is 12.3. The predicted octanol–water partition coefficient (Wildman–Crippen LogP) is 5.04. The molecule has 0 spiro atoms. The summed E-state index contributed by atoms with van der Waals surface area (Å²) in [5.41, 5.74) is 5.62. The number of hydrogen-bond acceptors (Lipinski definition) is 2. The molecular formula is C20H14ClNO. The van der Waals surface area contributed by atoms with Gasteiger partial charge in [-0.15, -0.1) is 0 Å². The van der Waals surface area contributed by atoms with Gasteiger partial charge in [-0.2, -0.15) is 5.26 Å². The molecule has 0 bridgehead atoms. The first-order valence-electron chi connectivity index (χ1n) is 7.21. The summed E-state index contributed by atoms with van der Waals surface area (Å²) in [5, 5.41) is 19.0. The Labute approximate surface area is 140 Å². The number of benzene rings is 3. The summed E-state index contributed by atoms with van der Waals surface area (Å²) < 4.78 is 0. The molecule has 3 aromatic carbocycles. The maximum absolute atomic E-state index is 9.43. The molecule has 0 aromatic heterocycles. The average molecular weight is 320 g/mol. The normalized spacial score (nSPS) is 10.3. The van der Waals surface area contributed by atoms with Crippen LogP contribution < -0.4 is 0 Å². The fourth-order valence-electron chi connectivity index (χ4n) is 2.53. The van der Waals surface area contributed by atoms with Gasteiger partial charge in [0.15, 0.2) is 0 Å². The molecule has 0 aliphatic carbocycles. The second-order valence-electron chi connectivity index (χ2n) is 5.23. The van der Waals surface area contributed by atoms with E-state index in [2.05, 4.69) is 6.07 Å². The van der Waals surface area contributed by atoms with Crippen molar-refractivity contribution in [1.29, 1.82) is 5.26 Å². The lowest BCUT2D eigenvalue weighted by atomic mass is 9.92. The topological polar surface area (TPSA) is 44.0 Å². The molecule has 23 heavy (non-hydrogen) atoms. The number of nitriles is 1. The van der Waals surface area contributed by atoms with E-state index in [-0.39, 0.29) is 6.61 Å². The van der Waals surface area contributed by atoms with Gasteiger partial charge in [-0.3, -0.25) is 0 Å². The molecule has 0 aliphatic heterocycles. The predicted molar refractivity (Wildman–Crippen MR) is 93.0 cm³/mol. The molecule has 0 atom stereocenters. The van der Waals surface area contributed by atoms with Gasteiger partial charge in [-0.05, 0) is 58.1 Å². The van der Waals surface area contributed by atoms with Gasteiger partial charge in [0.25, 0.3) is 0 Å². The summed E-state index contributed by atoms with van der Waals surface area (Å²) >= 11 is 5.98. The van der Waals surface area contributed by atoms with Crippen LogP contribution in [0.2, 0.25) is 5.02 Å². The number of rotatable bonds is 3. The third-order valence-corrected chi connectivity index (χ3v) is 4.00. The molecule has 0 saturated heterocycles. The zero-order chi connectivity index (χ0) is 16.2. The maximum atomic E-state index is 9.43. The first-order chi connectivity index (χ1) is 11.2. The number of halogens is 1. The number of hydrogen-bond donors (Lipinski definition) is 1. The lowest BCUT2D eigenvalue weighted by Crippen LogP contribution is -1.90. The summed E-state index contributed by atoms with van der Waals surface area (Å²) in [6.45, 7) is -0.00571. The maximum Gasteiger partial charge on any atom is 0.0991 e. The zero-order valence-corrected chi connectivity index (χ0v) is 13.1. The van der Waals surface area contributed by atoms with Crippen LogP contribution in [0.15, 0.2) is 66.7 Å². The Bertz CT molecular complexity index is 862. The van der Waals surface area contributed by atoms with Crippen molar-refractivity contribution in [3.8, 4) is 28.3 Å². The molecule has 0 amide bonds. The van der Waals surface area contributed by atoms with E-state index in [0.29, 0.717) is 10.6 Å². The van der Waals surface area contributed by atoms with Crippen molar-refractivity contribution in [2.24, 2.45) is 0 Å². The minimum absolute atomic E-state index is 0.00571. The molecule has 3 aromatic rings. The minimum atomic E-state index is -0.00571. The molecule has 0 radical (unpaired) electrons. The summed E-state index contributed by atoms with van der Waals surface area (Å²) in [7, 11) is 0. The van der Waals surface area contributed by atoms with Crippen molar-refractivity contribution < 1.29 is 5.11 Å². The lowest BCUT2D eigenvalue weighted by molar-refractivity contribution is 0.282. The van der Waals surface area contributed by atoms with E-state index < -0.39 is 0 Å². The highest BCUT2D eigenvalue weighted by Gasteiger charge is 2.09. The van der Waals surface area contributed by atoms with E-state index in [1.165, 1.54) is 0 Å². The fourth-order valence-corrected chi connectivity index (χ4v) is 2.66. The first kappa shape index (κ1) is 15.3. The van der Waals surface area contributed by atoms with E-state index in [1.807, 2.05) is 54.6 Å². The van der Waals surface area contributed by atoms with Gasteiger partial charge in [0.05, 0.1) is 18.2 Å². The molecule has 3 rings (SSSR count). The molecule has 0 aliphatic rings. The van der Waals surface area contributed by atoms with Crippen LogP contribution in [-0.4, -0.2) is 5.11 Å². The quantitative estimate of drug-likeness (QED) is 0.735. The van der Waals surface area contributed by atoms with Crippen LogP contribution in [0, 0.1) is 11.3 Å². The summed E-state index contributed by atoms with van der Waals surface area (Å²) in [5.74, 6) is 0. The van der Waals surface area contributed by atoms with E-state index in [0.717, 1.165) is 27.8 Å². The molecule has 0 fully saturated rings. The SMILES string of the molecule is N#Cc1ccc(-c2ccc(CO)cc2-c2ccc(Cl)cc2)cc1. The molecule has 1 N–H and O–H groups in total. The van der Waals surface area contributed by atoms with Crippen LogP contribution in [0.1, 0.15) is 11.1 Å². The van der Waals surface area contributed by atoms with Crippen LogP contribution in [0.25, 0.3) is 22.3 Å². The van der Waals surface area contributed by atoms with E-state index in [9.17, 15) is 5.11 Å². The van der Waals surface area contributed by atoms with Gasteiger partial charge >= 0.3 is 0 Å². The van der Waals surface area contributed by atoms with Crippen LogP contribution in [0.4, 0.5) is 0 Å². The van der Waals surface area contributed by atoms with Crippen molar-refractivity contribution in [2.75, 3.05) is 0 Å². The summed E-state index contributed by atoms with van der Waals surface area (Å²) in [6.07, 6.45) is 0. The van der Waals surface area contributed by atoms with Crippen LogP contribution in [0.5, 0.6) is 0 Å². The second kappa shape index (κ2) is 6.66. The number of nitrogens with zero attached hydrogens (tertiary/aromatic N) is 1. The minimum Gasteiger partial charge on any atom is -0.392 e. The first-order valence-corrected chi connectivity index (χ1v) is 7.59. The Morgan fingerprint density at radius 2 is 1.43 bits per heavy atom. The molecular weight excluding hydrogens is 306 g/mol. The molecule has 112 valence electrons. The molecule has 3 heteroatoms. The van der Waals surface area contributed by atoms with Gasteiger partial charge in [0, 0.05) is 5.02 Å². The van der Waals surface area contributed by atoms with Crippen molar-refractivity contribution in [3.63, 3.8) is 0 Å². The van der Waals surface area contributed by atoms with E-state index in [1.54, 1.807) is 12.1 Å². The smallest absolute Gasteiger partial charge is 0.0991 e. The molecule has 0 heterocycles. The average Bonchev–Trinajstić information content (AvgIpc) is 2.62. The second-order valence-corrected chi connectivity index (χ2v) is 5.67. The van der Waals surface area contributed by atoms with Crippen LogP contribution >= 0.6 is 11.6 Å². The molecule has 0 unspecified atom stereocenters. The van der Waals surface area contributed by atoms with Crippen molar-refractivity contribution in [3.05, 3.63) is 82.9 Å². The van der Waals surface area contributed by atoms with Gasteiger partial charge in [0.2, 0.25) is 0 Å². The van der Waals surface area contributed by atoms with E-state index >= 15 is 0 Å². The van der Waals surface area contributed by atoms with Crippen molar-refractivity contribution in [2.45, 2.75) is 6.61 Å². The van der Waals surface area contributed by atoms with Gasteiger partial charge in [0.1, 0.15) is 0 Å². The van der Waals surface area contributed by atoms with Gasteiger partial charge in [-0.25, -0.2) is 0 Å². The van der Waals surface area contributed by atoms with Crippen molar-refractivity contribution >= 4 is 11.6 Å². The Kier molecular flexibility index (Phi) is 4.43. The van der Waals surface area contributed by atoms with E-state index in [4.69, 9.17) is 16.9 Å². The molecule has 2 nitrogen and oxygen atoms in total. The Morgan fingerprint density at radius 1 is 0.826 bits per heavy atom. The number of aliphatic hydroxyl groups is 1. The van der Waals surface area contributed by atoms with Crippen LogP contribution in [0.3, 0.4) is 0 Å². The van der Waals surface area contributed by atoms with Gasteiger partial charge in [-0.1, -0.05) is 48.0 Å². The Hall–Kier alpha value is -2.60. The Balaban J connectivity index is 2.15. The standard InChI is InChI=1S/C20H14ClNO/c21-18-8-6-17(7-9-18)20-11-15(13-23)3-10-19(20)16-4-1-14(12-22)2-5-16/h1-11,23H,13H2. The third-order valence-electron chi connectivity index (χ3n) is 3.75. The Morgan fingerprint density at radius 3 is 2.04 bits per heavy atom. The highest BCUT2D eigenvalue weighted by atomic mass is 35.5. The number of aliphatic hydroxyl groups excluding tert-OH is 1. The largest absolute Gasteiger partial charge is 0.392 e. The highest BCUT2D eigenvalue weighted by molar-refractivity contribution is 6.30. The monoisotopic (exact) mass is 319 g/mol. The summed E-state index contributed by atoms with van der Waals surface area (Å²) in [6, 6.07) is 23.1. The highest BCUT2D eigenvalue weighted by Crippen LogP contribution is 2.33. The van der Waals surface area contributed by atoms with Crippen LogP contribution in [-0.2, 0) is 6.61 Å². The fraction of sp³-hybridized carbons (Fsp3) is 0.0500. The summed E-state index contributed by atoms with van der Waals surface area (Å²) in [4.78, 5) is 0. The third kappa shape index (κ3) is 3.27. The molecule has 0 saturated carbocycles. The van der Waals surface area contributed by atoms with Gasteiger partial charge < -0.3 is 5.11 Å². The lowest BCUT2D eigenvalue weighted by Gasteiger charge is -2.12.